The average molecular weight is 720 g/mol. The van der Waals surface area contributed by atoms with Gasteiger partial charge in [-0.15, -0.1) is 0 Å². The summed E-state index contributed by atoms with van der Waals surface area (Å²) in [6.07, 6.45) is 7.12. The van der Waals surface area contributed by atoms with Crippen LogP contribution in [0.25, 0.3) is 10.9 Å². The van der Waals surface area contributed by atoms with E-state index in [1.54, 1.807) is 42.6 Å². The predicted molar refractivity (Wildman–Crippen MR) is 167 cm³/mol. The first kappa shape index (κ1) is 27.8. The smallest absolute Gasteiger partial charge is 0.282 e. The summed E-state index contributed by atoms with van der Waals surface area (Å²) in [5.41, 5.74) is 1.95. The van der Waals surface area contributed by atoms with E-state index in [1.807, 2.05) is 24.3 Å². The molecule has 10 heteroatoms. The highest BCUT2D eigenvalue weighted by molar-refractivity contribution is 14.1. The monoisotopic (exact) mass is 718 g/mol. The minimum atomic E-state index is -0.274. The number of nitrogens with zero attached hydrogens (tertiary/aromatic N) is 3. The zero-order valence-electron chi connectivity index (χ0n) is 20.9. The van der Waals surface area contributed by atoms with Gasteiger partial charge in [-0.25, -0.2) is 4.98 Å². The summed E-state index contributed by atoms with van der Waals surface area (Å²) in [7, 11) is 0. The number of carbonyl (C=O) groups excluding carboxylic acids is 1. The van der Waals surface area contributed by atoms with Gasteiger partial charge < -0.3 is 10.1 Å². The largest absolute Gasteiger partial charge is 0.483 e. The number of benzene rings is 3. The van der Waals surface area contributed by atoms with Gasteiger partial charge in [0.2, 0.25) is 0 Å². The molecule has 1 aliphatic rings. The van der Waals surface area contributed by atoms with Gasteiger partial charge in [-0.3, -0.25) is 9.59 Å². The van der Waals surface area contributed by atoms with Crippen LogP contribution in [0.15, 0.2) is 75.0 Å². The number of nitrogens with one attached hydrogen (secondary N) is 1. The maximum absolute atomic E-state index is 13.5. The zero-order valence-corrected chi connectivity index (χ0v) is 25.4. The lowest BCUT2D eigenvalue weighted by atomic mass is 9.88. The lowest BCUT2D eigenvalue weighted by molar-refractivity contribution is -0.118. The molecule has 0 bridgehead atoms. The van der Waals surface area contributed by atoms with Crippen LogP contribution in [-0.4, -0.2) is 28.4 Å². The molecule has 0 atom stereocenters. The minimum absolute atomic E-state index is 0.134. The molecule has 1 amide bonds. The van der Waals surface area contributed by atoms with Crippen molar-refractivity contribution in [3.63, 3.8) is 0 Å². The van der Waals surface area contributed by atoms with Gasteiger partial charge in [0.25, 0.3) is 11.5 Å². The Morgan fingerprint density at radius 1 is 1.13 bits per heavy atom. The number of amides is 1. The Labute approximate surface area is 252 Å². The second-order valence-corrected chi connectivity index (χ2v) is 11.9. The van der Waals surface area contributed by atoms with Crippen molar-refractivity contribution in [1.82, 2.24) is 9.66 Å². The Morgan fingerprint density at radius 3 is 2.64 bits per heavy atom. The van der Waals surface area contributed by atoms with Crippen molar-refractivity contribution in [1.29, 1.82) is 0 Å². The Kier molecular flexibility index (Phi) is 8.99. The van der Waals surface area contributed by atoms with Crippen molar-refractivity contribution in [3.05, 3.63) is 95.5 Å². The molecule has 1 aliphatic carbocycles. The standard InChI is InChI=1S/C29H25BrClIN4O3/c30-20-7-12-25-23(15-20)29(38)36(28(35-25)19-4-2-1-3-5-19)33-16-18-6-13-26(24(32)14-18)39-17-27(37)34-22-10-8-21(31)9-11-22/h6-16,19H,1-5,17H2,(H,34,37). The fourth-order valence-corrected chi connectivity index (χ4v) is 5.80. The second-order valence-electron chi connectivity index (χ2n) is 9.36. The Bertz CT molecular complexity index is 1600. The summed E-state index contributed by atoms with van der Waals surface area (Å²) in [5.74, 6) is 1.22. The van der Waals surface area contributed by atoms with Crippen molar-refractivity contribution in [3.8, 4) is 5.75 Å². The summed E-state index contributed by atoms with van der Waals surface area (Å²) in [6.45, 7) is -0.134. The summed E-state index contributed by atoms with van der Waals surface area (Å²) in [6, 6.07) is 18.0. The third-order valence-electron chi connectivity index (χ3n) is 6.57. The minimum Gasteiger partial charge on any atom is -0.483 e. The van der Waals surface area contributed by atoms with Gasteiger partial charge in [-0.1, -0.05) is 46.8 Å². The molecule has 1 aromatic heterocycles. The van der Waals surface area contributed by atoms with Crippen LogP contribution in [0, 0.1) is 3.57 Å². The SMILES string of the molecule is O=C(COc1ccc(C=Nn2c(C3CCCCC3)nc3ccc(Br)cc3c2=O)cc1I)Nc1ccc(Cl)cc1. The number of hydrogen-bond donors (Lipinski definition) is 1. The van der Waals surface area contributed by atoms with E-state index in [2.05, 4.69) is 48.9 Å². The first-order chi connectivity index (χ1) is 18.9. The van der Waals surface area contributed by atoms with Gasteiger partial charge in [0, 0.05) is 21.1 Å². The molecule has 1 N–H and O–H groups in total. The number of fused-ring (bicyclic) bond motifs is 1. The molecule has 1 saturated carbocycles. The maximum atomic E-state index is 13.5. The normalized spacial score (nSPS) is 14.1. The van der Waals surface area contributed by atoms with Crippen LogP contribution >= 0.6 is 50.1 Å². The highest BCUT2D eigenvalue weighted by Crippen LogP contribution is 2.32. The number of rotatable bonds is 7. The molecule has 0 unspecified atom stereocenters. The predicted octanol–water partition coefficient (Wildman–Crippen LogP) is 7.36. The van der Waals surface area contributed by atoms with Gasteiger partial charge in [-0.05, 0) is 102 Å². The van der Waals surface area contributed by atoms with Crippen molar-refractivity contribution in [2.75, 3.05) is 11.9 Å². The number of hydrogen-bond acceptors (Lipinski definition) is 5. The van der Waals surface area contributed by atoms with Crippen LogP contribution < -0.4 is 15.6 Å². The van der Waals surface area contributed by atoms with Crippen LogP contribution in [0.2, 0.25) is 5.02 Å². The van der Waals surface area contributed by atoms with Gasteiger partial charge in [0.15, 0.2) is 6.61 Å². The summed E-state index contributed by atoms with van der Waals surface area (Å²) in [4.78, 5) is 30.7. The van der Waals surface area contributed by atoms with Gasteiger partial charge in [0.1, 0.15) is 11.6 Å². The van der Waals surface area contributed by atoms with Gasteiger partial charge in [0.05, 0.1) is 20.7 Å². The third-order valence-corrected chi connectivity index (χ3v) is 8.16. The average Bonchev–Trinajstić information content (AvgIpc) is 2.94. The number of halogens is 3. The van der Waals surface area contributed by atoms with Crippen LogP contribution in [0.3, 0.4) is 0 Å². The summed E-state index contributed by atoms with van der Waals surface area (Å²) < 4.78 is 8.83. The molecule has 1 heterocycles. The highest BCUT2D eigenvalue weighted by Gasteiger charge is 2.22. The molecular formula is C29H25BrClIN4O3. The van der Waals surface area contributed by atoms with Crippen LogP contribution in [-0.2, 0) is 4.79 Å². The topological polar surface area (TPSA) is 85.6 Å². The number of carbonyl (C=O) groups is 1. The zero-order chi connectivity index (χ0) is 27.4. The van der Waals surface area contributed by atoms with E-state index in [-0.39, 0.29) is 24.0 Å². The van der Waals surface area contributed by atoms with E-state index >= 15 is 0 Å². The molecule has 5 rings (SSSR count). The van der Waals surface area contributed by atoms with E-state index in [1.165, 1.54) is 11.1 Å². The van der Waals surface area contributed by atoms with Gasteiger partial charge in [-0.2, -0.15) is 9.78 Å². The second kappa shape index (κ2) is 12.6. The molecule has 1 fully saturated rings. The van der Waals surface area contributed by atoms with E-state index in [0.29, 0.717) is 33.2 Å². The number of ether oxygens (including phenoxy) is 1. The Balaban J connectivity index is 1.35. The van der Waals surface area contributed by atoms with Crippen molar-refractivity contribution >= 4 is 78.8 Å². The van der Waals surface area contributed by atoms with Crippen molar-refractivity contribution in [2.45, 2.75) is 38.0 Å². The first-order valence-corrected chi connectivity index (χ1v) is 14.9. The Morgan fingerprint density at radius 2 is 1.90 bits per heavy atom. The van der Waals surface area contributed by atoms with Crippen LogP contribution in [0.1, 0.15) is 49.4 Å². The van der Waals surface area contributed by atoms with Crippen LogP contribution in [0.4, 0.5) is 5.69 Å². The maximum Gasteiger partial charge on any atom is 0.282 e. The number of anilines is 1. The molecule has 4 aromatic rings. The lowest BCUT2D eigenvalue weighted by Crippen LogP contribution is -2.25. The summed E-state index contributed by atoms with van der Waals surface area (Å²) in [5, 5.41) is 8.51. The molecule has 0 saturated heterocycles. The molecular weight excluding hydrogens is 695 g/mol. The lowest BCUT2D eigenvalue weighted by Gasteiger charge is -2.22. The molecule has 0 spiro atoms. The first-order valence-electron chi connectivity index (χ1n) is 12.6. The molecule has 0 aliphatic heterocycles. The van der Waals surface area contributed by atoms with Crippen molar-refractivity contribution < 1.29 is 9.53 Å². The highest BCUT2D eigenvalue weighted by atomic mass is 127. The quantitative estimate of drug-likeness (QED) is 0.160. The molecule has 0 radical (unpaired) electrons. The van der Waals surface area contributed by atoms with E-state index in [9.17, 15) is 9.59 Å². The van der Waals surface area contributed by atoms with Gasteiger partial charge >= 0.3 is 0 Å². The molecule has 7 nitrogen and oxygen atoms in total. The molecule has 39 heavy (non-hydrogen) atoms. The molecule has 3 aromatic carbocycles. The fraction of sp³-hybridized carbons (Fsp3) is 0.241. The van der Waals surface area contributed by atoms with E-state index < -0.39 is 0 Å². The van der Waals surface area contributed by atoms with E-state index in [0.717, 1.165) is 39.3 Å². The number of aromatic nitrogens is 2. The third kappa shape index (κ3) is 6.88. The molecule has 200 valence electrons. The van der Waals surface area contributed by atoms with Crippen LogP contribution in [0.5, 0.6) is 5.75 Å². The summed E-state index contributed by atoms with van der Waals surface area (Å²) >= 11 is 11.5. The Hall–Kier alpha value is -2.76. The van der Waals surface area contributed by atoms with E-state index in [4.69, 9.17) is 21.3 Å². The fourth-order valence-electron chi connectivity index (χ4n) is 4.62. The van der Waals surface area contributed by atoms with Crippen molar-refractivity contribution in [2.24, 2.45) is 5.10 Å².